The topological polar surface area (TPSA) is 57.6 Å². The van der Waals surface area contributed by atoms with E-state index in [1.54, 1.807) is 0 Å². The molecule has 1 aromatic rings. The van der Waals surface area contributed by atoms with Gasteiger partial charge in [0, 0.05) is 17.3 Å². The first-order chi connectivity index (χ1) is 9.82. The van der Waals surface area contributed by atoms with Gasteiger partial charge in [0.2, 0.25) is 0 Å². The van der Waals surface area contributed by atoms with Crippen molar-refractivity contribution in [1.29, 1.82) is 0 Å². The first-order valence-corrected chi connectivity index (χ1v) is 9.75. The van der Waals surface area contributed by atoms with Crippen LogP contribution in [-0.2, 0) is 4.79 Å². The van der Waals surface area contributed by atoms with Gasteiger partial charge in [-0.3, -0.25) is 4.79 Å². The van der Waals surface area contributed by atoms with Gasteiger partial charge >= 0.3 is 5.97 Å². The van der Waals surface area contributed by atoms with Crippen LogP contribution in [0.15, 0.2) is 12.1 Å². The van der Waals surface area contributed by atoms with Crippen LogP contribution in [0, 0.1) is 16.6 Å². The van der Waals surface area contributed by atoms with E-state index in [9.17, 15) is 14.7 Å². The normalized spacial score (nSPS) is 22.2. The van der Waals surface area contributed by atoms with Crippen molar-refractivity contribution >= 4 is 79.6 Å². The highest BCUT2D eigenvalue weighted by Gasteiger charge is 2.38. The van der Waals surface area contributed by atoms with E-state index >= 15 is 0 Å². The summed E-state index contributed by atoms with van der Waals surface area (Å²) in [5, 5.41) is 9.45. The van der Waals surface area contributed by atoms with E-state index < -0.39 is 12.0 Å². The lowest BCUT2D eigenvalue weighted by atomic mass is 9.90. The molecule has 1 aliphatic heterocycles. The average molecular weight is 625 g/mol. The van der Waals surface area contributed by atoms with Crippen molar-refractivity contribution in [2.24, 2.45) is 5.92 Å². The van der Waals surface area contributed by atoms with Crippen LogP contribution < -0.4 is 0 Å². The minimum absolute atomic E-state index is 0.0142. The van der Waals surface area contributed by atoms with Crippen molar-refractivity contribution < 1.29 is 14.7 Å². The molecule has 2 atom stereocenters. The fourth-order valence-corrected chi connectivity index (χ4v) is 5.05. The summed E-state index contributed by atoms with van der Waals surface area (Å²) in [6, 6.07) is 3.12. The van der Waals surface area contributed by atoms with Crippen LogP contribution in [0.2, 0.25) is 0 Å². The number of amides is 1. The van der Waals surface area contributed by atoms with Crippen LogP contribution in [0.3, 0.4) is 0 Å². The molecule has 1 saturated heterocycles. The quantitative estimate of drug-likeness (QED) is 0.402. The Morgan fingerprint density at radius 2 is 1.95 bits per heavy atom. The number of hydrogen-bond acceptors (Lipinski definition) is 2. The number of nitrogens with zero attached hydrogens (tertiary/aromatic N) is 1. The molecule has 114 valence electrons. The maximum absolute atomic E-state index is 12.8. The van der Waals surface area contributed by atoms with E-state index in [1.807, 2.05) is 19.1 Å². The number of piperidine rings is 1. The third-order valence-electron chi connectivity index (χ3n) is 3.67. The smallest absolute Gasteiger partial charge is 0.326 e. The van der Waals surface area contributed by atoms with E-state index in [-0.39, 0.29) is 11.8 Å². The van der Waals surface area contributed by atoms with Gasteiger partial charge in [0.05, 0.1) is 5.56 Å². The predicted octanol–water partition coefficient (Wildman–Crippen LogP) is 3.83. The van der Waals surface area contributed by atoms with E-state index in [1.165, 1.54) is 4.90 Å². The van der Waals surface area contributed by atoms with E-state index in [2.05, 4.69) is 67.8 Å². The molecule has 0 radical (unpaired) electrons. The molecule has 1 heterocycles. The Hall–Kier alpha value is 0.350. The Balaban J connectivity index is 2.40. The molecule has 1 aromatic carbocycles. The van der Waals surface area contributed by atoms with Crippen molar-refractivity contribution in [2.75, 3.05) is 6.54 Å². The molecule has 7 heteroatoms. The van der Waals surface area contributed by atoms with Crippen LogP contribution in [0.4, 0.5) is 0 Å². The number of benzene rings is 1. The van der Waals surface area contributed by atoms with Gasteiger partial charge in [-0.25, -0.2) is 4.79 Å². The molecule has 1 amide bonds. The van der Waals surface area contributed by atoms with Crippen LogP contribution in [0.5, 0.6) is 0 Å². The summed E-state index contributed by atoms with van der Waals surface area (Å²) in [5.74, 6) is -1.10. The molecule has 1 aliphatic rings. The summed E-state index contributed by atoms with van der Waals surface area (Å²) in [7, 11) is 0. The summed E-state index contributed by atoms with van der Waals surface area (Å²) in [6.07, 6.45) is 1.70. The number of halogens is 3. The van der Waals surface area contributed by atoms with Crippen molar-refractivity contribution in [2.45, 2.75) is 25.8 Å². The number of hydrogen-bond donors (Lipinski definition) is 1. The lowest BCUT2D eigenvalue weighted by molar-refractivity contribution is -0.145. The summed E-state index contributed by atoms with van der Waals surface area (Å²) < 4.78 is 2.89. The van der Waals surface area contributed by atoms with Gasteiger partial charge in [0.25, 0.3) is 5.91 Å². The SMILES string of the molecule is CC1CCCN(C(=O)c2cc(I)cc(I)c2I)C1C(=O)O. The molecule has 0 aromatic heterocycles. The Kier molecular flexibility index (Phi) is 6.14. The third-order valence-corrected chi connectivity index (χ3v) is 7.34. The number of carbonyl (C=O) groups is 2. The summed E-state index contributed by atoms with van der Waals surface area (Å²) in [6.45, 7) is 2.42. The number of carboxylic acid groups (broad SMARTS) is 1. The summed E-state index contributed by atoms with van der Waals surface area (Å²) in [4.78, 5) is 25.9. The number of rotatable bonds is 2. The molecule has 0 saturated carbocycles. The highest BCUT2D eigenvalue weighted by atomic mass is 127. The monoisotopic (exact) mass is 625 g/mol. The van der Waals surface area contributed by atoms with Crippen molar-refractivity contribution in [3.05, 3.63) is 28.4 Å². The zero-order valence-corrected chi connectivity index (χ0v) is 17.7. The largest absolute Gasteiger partial charge is 0.480 e. The maximum atomic E-state index is 12.8. The van der Waals surface area contributed by atoms with Crippen LogP contribution in [0.1, 0.15) is 30.1 Å². The highest BCUT2D eigenvalue weighted by molar-refractivity contribution is 14.1. The second-order valence-electron chi connectivity index (χ2n) is 5.15. The molecular formula is C14H14I3NO3. The second-order valence-corrected chi connectivity index (χ2v) is 8.64. The standard InChI is InChI=1S/C14H14I3NO3/c1-7-3-2-4-18(12(7)14(20)21)13(19)9-5-8(15)6-10(16)11(9)17/h5-7,12H,2-4H2,1H3,(H,20,21). The van der Waals surface area contributed by atoms with Gasteiger partial charge in [-0.05, 0) is 98.7 Å². The van der Waals surface area contributed by atoms with Crippen molar-refractivity contribution in [1.82, 2.24) is 4.90 Å². The molecule has 0 spiro atoms. The first-order valence-electron chi connectivity index (χ1n) is 6.51. The van der Waals surface area contributed by atoms with Crippen LogP contribution in [0.25, 0.3) is 0 Å². The molecule has 0 bridgehead atoms. The van der Waals surface area contributed by atoms with Crippen LogP contribution >= 0.6 is 67.8 Å². The zero-order chi connectivity index (χ0) is 15.7. The average Bonchev–Trinajstić information content (AvgIpc) is 2.41. The second kappa shape index (κ2) is 7.28. The minimum Gasteiger partial charge on any atom is -0.480 e. The van der Waals surface area contributed by atoms with Crippen molar-refractivity contribution in [3.8, 4) is 0 Å². The molecule has 1 fully saturated rings. The molecule has 2 rings (SSSR count). The zero-order valence-electron chi connectivity index (χ0n) is 11.3. The van der Waals surface area contributed by atoms with E-state index in [4.69, 9.17) is 0 Å². The molecule has 2 unspecified atom stereocenters. The third kappa shape index (κ3) is 3.82. The van der Waals surface area contributed by atoms with Crippen LogP contribution in [-0.4, -0.2) is 34.5 Å². The molecule has 4 nitrogen and oxygen atoms in total. The number of carboxylic acids is 1. The molecule has 1 N–H and O–H groups in total. The highest BCUT2D eigenvalue weighted by Crippen LogP contribution is 2.29. The molecular weight excluding hydrogens is 611 g/mol. The Morgan fingerprint density at radius 1 is 1.29 bits per heavy atom. The fourth-order valence-electron chi connectivity index (χ4n) is 2.66. The van der Waals surface area contributed by atoms with Gasteiger partial charge in [-0.2, -0.15) is 0 Å². The molecule has 0 aliphatic carbocycles. The Bertz CT molecular complexity index is 591. The van der Waals surface area contributed by atoms with Gasteiger partial charge in [-0.1, -0.05) is 6.92 Å². The maximum Gasteiger partial charge on any atom is 0.326 e. The Morgan fingerprint density at radius 3 is 2.57 bits per heavy atom. The van der Waals surface area contributed by atoms with Gasteiger partial charge in [-0.15, -0.1) is 0 Å². The summed E-state index contributed by atoms with van der Waals surface area (Å²) in [5.41, 5.74) is 0.604. The van der Waals surface area contributed by atoms with Crippen molar-refractivity contribution in [3.63, 3.8) is 0 Å². The lowest BCUT2D eigenvalue weighted by Crippen LogP contribution is -2.52. The first kappa shape index (κ1) is 17.7. The number of likely N-dealkylation sites (tertiary alicyclic amines) is 1. The minimum atomic E-state index is -0.911. The lowest BCUT2D eigenvalue weighted by Gasteiger charge is -2.37. The van der Waals surface area contributed by atoms with E-state index in [0.29, 0.717) is 12.1 Å². The van der Waals surface area contributed by atoms with E-state index in [0.717, 1.165) is 23.6 Å². The van der Waals surface area contributed by atoms with Gasteiger partial charge in [0.15, 0.2) is 0 Å². The summed E-state index contributed by atoms with van der Waals surface area (Å²) >= 11 is 6.54. The fraction of sp³-hybridized carbons (Fsp3) is 0.429. The number of aliphatic carboxylic acids is 1. The van der Waals surface area contributed by atoms with Gasteiger partial charge in [0.1, 0.15) is 6.04 Å². The van der Waals surface area contributed by atoms with Gasteiger partial charge < -0.3 is 10.0 Å². The predicted molar refractivity (Wildman–Crippen MR) is 105 cm³/mol. The molecule has 21 heavy (non-hydrogen) atoms. The Labute approximate surface area is 164 Å². The number of carbonyl (C=O) groups excluding carboxylic acids is 1.